The Labute approximate surface area is 158 Å². The van der Waals surface area contributed by atoms with Crippen molar-refractivity contribution in [3.63, 3.8) is 0 Å². The Morgan fingerprint density at radius 3 is 2.56 bits per heavy atom. The molecule has 3 aromatic rings. The molecule has 0 aliphatic carbocycles. The molecule has 4 rings (SSSR count). The van der Waals surface area contributed by atoms with Crippen molar-refractivity contribution in [3.8, 4) is 16.9 Å². The van der Waals surface area contributed by atoms with Gasteiger partial charge in [-0.15, -0.1) is 5.10 Å². The van der Waals surface area contributed by atoms with Gasteiger partial charge in [-0.2, -0.15) is 0 Å². The fourth-order valence-corrected chi connectivity index (χ4v) is 3.31. The Bertz CT molecular complexity index is 887. The van der Waals surface area contributed by atoms with Crippen LogP contribution in [0, 0.1) is 0 Å². The molecule has 138 valence electrons. The maximum absolute atomic E-state index is 12.5. The lowest BCUT2D eigenvalue weighted by Crippen LogP contribution is -2.33. The van der Waals surface area contributed by atoms with Gasteiger partial charge in [-0.25, -0.2) is 4.68 Å². The van der Waals surface area contributed by atoms with Crippen molar-refractivity contribution in [1.29, 1.82) is 0 Å². The van der Waals surface area contributed by atoms with Crippen LogP contribution in [-0.2, 0) is 16.0 Å². The average Bonchev–Trinajstić information content (AvgIpc) is 3.38. The maximum Gasteiger partial charge on any atom is 0.226 e. The lowest BCUT2D eigenvalue weighted by Gasteiger charge is -2.11. The first kappa shape index (κ1) is 17.4. The molecule has 27 heavy (non-hydrogen) atoms. The van der Waals surface area contributed by atoms with E-state index in [0.29, 0.717) is 12.2 Å². The van der Waals surface area contributed by atoms with Gasteiger partial charge >= 0.3 is 0 Å². The summed E-state index contributed by atoms with van der Waals surface area (Å²) in [5, 5.41) is 11.6. The number of rotatable bonds is 6. The minimum absolute atomic E-state index is 0.0669. The summed E-state index contributed by atoms with van der Waals surface area (Å²) >= 11 is 0. The summed E-state index contributed by atoms with van der Waals surface area (Å²) in [6.07, 6.45) is 2.37. The number of para-hydroxylation sites is 1. The third-order valence-corrected chi connectivity index (χ3v) is 4.67. The number of nitrogens with one attached hydrogen (secondary N) is 1. The van der Waals surface area contributed by atoms with E-state index in [-0.39, 0.29) is 18.4 Å². The van der Waals surface area contributed by atoms with Crippen molar-refractivity contribution in [2.45, 2.75) is 25.4 Å². The van der Waals surface area contributed by atoms with Crippen LogP contribution in [0.5, 0.6) is 0 Å². The zero-order valence-electron chi connectivity index (χ0n) is 15.0. The molecule has 1 aliphatic rings. The summed E-state index contributed by atoms with van der Waals surface area (Å²) in [5.74, 6) is -0.0669. The summed E-state index contributed by atoms with van der Waals surface area (Å²) in [6.45, 7) is 1.33. The number of hydrogen-bond acceptors (Lipinski definition) is 4. The predicted octanol–water partition coefficient (Wildman–Crippen LogP) is 2.77. The Morgan fingerprint density at radius 2 is 1.85 bits per heavy atom. The van der Waals surface area contributed by atoms with Gasteiger partial charge in [0.05, 0.1) is 23.9 Å². The van der Waals surface area contributed by atoms with Crippen LogP contribution in [0.3, 0.4) is 0 Å². The number of carbonyl (C=O) groups is 1. The second-order valence-electron chi connectivity index (χ2n) is 6.61. The molecular weight excluding hydrogens is 340 g/mol. The van der Waals surface area contributed by atoms with Crippen LogP contribution in [0.2, 0.25) is 0 Å². The van der Waals surface area contributed by atoms with Crippen molar-refractivity contribution in [1.82, 2.24) is 20.3 Å². The molecule has 1 aromatic heterocycles. The normalized spacial score (nSPS) is 16.4. The predicted molar refractivity (Wildman–Crippen MR) is 102 cm³/mol. The minimum Gasteiger partial charge on any atom is -0.376 e. The van der Waals surface area contributed by atoms with Crippen molar-refractivity contribution in [2.24, 2.45) is 0 Å². The summed E-state index contributed by atoms with van der Waals surface area (Å²) in [6, 6.07) is 19.7. The van der Waals surface area contributed by atoms with E-state index in [2.05, 4.69) is 15.6 Å². The molecule has 0 saturated carbocycles. The van der Waals surface area contributed by atoms with E-state index >= 15 is 0 Å². The van der Waals surface area contributed by atoms with Gasteiger partial charge < -0.3 is 10.1 Å². The molecule has 1 aliphatic heterocycles. The first-order valence-corrected chi connectivity index (χ1v) is 9.25. The number of nitrogens with zero attached hydrogens (tertiary/aromatic N) is 3. The fourth-order valence-electron chi connectivity index (χ4n) is 3.31. The lowest BCUT2D eigenvalue weighted by atomic mass is 10.1. The summed E-state index contributed by atoms with van der Waals surface area (Å²) < 4.78 is 7.35. The molecule has 1 N–H and O–H groups in total. The number of hydrogen-bond donors (Lipinski definition) is 1. The first-order chi connectivity index (χ1) is 13.3. The SMILES string of the molecule is O=C(Cc1nnn(-c2ccccc2)c1-c1ccccc1)NCC1CCCO1. The third-order valence-electron chi connectivity index (χ3n) is 4.67. The van der Waals surface area contributed by atoms with Crippen LogP contribution in [0.4, 0.5) is 0 Å². The van der Waals surface area contributed by atoms with Gasteiger partial charge in [-0.3, -0.25) is 4.79 Å². The van der Waals surface area contributed by atoms with E-state index in [1.165, 1.54) is 0 Å². The quantitative estimate of drug-likeness (QED) is 0.732. The second kappa shape index (κ2) is 8.14. The molecular formula is C21H22N4O2. The largest absolute Gasteiger partial charge is 0.376 e. The van der Waals surface area contributed by atoms with Crippen LogP contribution >= 0.6 is 0 Å². The van der Waals surface area contributed by atoms with Crippen LogP contribution in [0.15, 0.2) is 60.7 Å². The highest BCUT2D eigenvalue weighted by Crippen LogP contribution is 2.25. The lowest BCUT2D eigenvalue weighted by molar-refractivity contribution is -0.121. The number of carbonyl (C=O) groups excluding carboxylic acids is 1. The molecule has 1 atom stereocenters. The fraction of sp³-hybridized carbons (Fsp3) is 0.286. The van der Waals surface area contributed by atoms with E-state index in [9.17, 15) is 4.79 Å². The Balaban J connectivity index is 1.58. The monoisotopic (exact) mass is 362 g/mol. The maximum atomic E-state index is 12.5. The van der Waals surface area contributed by atoms with Crippen molar-refractivity contribution in [3.05, 3.63) is 66.4 Å². The van der Waals surface area contributed by atoms with E-state index in [1.54, 1.807) is 4.68 Å². The number of amides is 1. The van der Waals surface area contributed by atoms with Gasteiger partial charge in [0.25, 0.3) is 0 Å². The van der Waals surface area contributed by atoms with Gasteiger partial charge in [0.1, 0.15) is 5.69 Å². The van der Waals surface area contributed by atoms with Crippen LogP contribution in [-0.4, -0.2) is 40.2 Å². The number of aromatic nitrogens is 3. The van der Waals surface area contributed by atoms with Gasteiger partial charge in [0, 0.05) is 18.7 Å². The zero-order valence-corrected chi connectivity index (χ0v) is 15.0. The highest BCUT2D eigenvalue weighted by Gasteiger charge is 2.20. The Kier molecular flexibility index (Phi) is 5.25. The summed E-state index contributed by atoms with van der Waals surface area (Å²) in [4.78, 5) is 12.5. The van der Waals surface area contributed by atoms with E-state index in [0.717, 1.165) is 36.4 Å². The molecule has 1 saturated heterocycles. The molecule has 0 radical (unpaired) electrons. The molecule has 1 amide bonds. The van der Waals surface area contributed by atoms with Crippen LogP contribution < -0.4 is 5.32 Å². The zero-order chi connectivity index (χ0) is 18.5. The second-order valence-corrected chi connectivity index (χ2v) is 6.61. The molecule has 6 nitrogen and oxygen atoms in total. The smallest absolute Gasteiger partial charge is 0.226 e. The van der Waals surface area contributed by atoms with Crippen molar-refractivity contribution >= 4 is 5.91 Å². The van der Waals surface area contributed by atoms with E-state index in [1.807, 2.05) is 60.7 Å². The summed E-state index contributed by atoms with van der Waals surface area (Å²) in [7, 11) is 0. The molecule has 0 spiro atoms. The van der Waals surface area contributed by atoms with Gasteiger partial charge in [0.15, 0.2) is 0 Å². The molecule has 1 fully saturated rings. The molecule has 6 heteroatoms. The molecule has 1 unspecified atom stereocenters. The molecule has 2 heterocycles. The van der Waals surface area contributed by atoms with E-state index < -0.39 is 0 Å². The Hall–Kier alpha value is -2.99. The standard InChI is InChI=1S/C21H22N4O2/c26-20(22-15-18-12-7-13-27-18)14-19-21(16-8-3-1-4-9-16)25(24-23-19)17-10-5-2-6-11-17/h1-6,8-11,18H,7,12-15H2,(H,22,26). The topological polar surface area (TPSA) is 69.0 Å². The number of ether oxygens (including phenoxy) is 1. The third kappa shape index (κ3) is 4.06. The Morgan fingerprint density at radius 1 is 1.11 bits per heavy atom. The van der Waals surface area contributed by atoms with Crippen molar-refractivity contribution < 1.29 is 9.53 Å². The first-order valence-electron chi connectivity index (χ1n) is 9.25. The highest BCUT2D eigenvalue weighted by atomic mass is 16.5. The minimum atomic E-state index is -0.0669. The number of benzene rings is 2. The van der Waals surface area contributed by atoms with Gasteiger partial charge in [-0.05, 0) is 25.0 Å². The van der Waals surface area contributed by atoms with Crippen LogP contribution in [0.25, 0.3) is 16.9 Å². The summed E-state index contributed by atoms with van der Waals surface area (Å²) in [5.41, 5.74) is 3.40. The van der Waals surface area contributed by atoms with Crippen molar-refractivity contribution in [2.75, 3.05) is 13.2 Å². The van der Waals surface area contributed by atoms with Gasteiger partial charge in [0.2, 0.25) is 5.91 Å². The van der Waals surface area contributed by atoms with E-state index in [4.69, 9.17) is 4.74 Å². The molecule has 2 aromatic carbocycles. The van der Waals surface area contributed by atoms with Gasteiger partial charge in [-0.1, -0.05) is 53.7 Å². The van der Waals surface area contributed by atoms with Crippen LogP contribution in [0.1, 0.15) is 18.5 Å². The average molecular weight is 362 g/mol. The molecule has 0 bridgehead atoms. The highest BCUT2D eigenvalue weighted by molar-refractivity contribution is 5.80.